The van der Waals surface area contributed by atoms with Gasteiger partial charge < -0.3 is 10.2 Å². The summed E-state index contributed by atoms with van der Waals surface area (Å²) < 4.78 is 1.08. The molecule has 0 aliphatic rings. The third-order valence-electron chi connectivity index (χ3n) is 2.74. The van der Waals surface area contributed by atoms with E-state index in [0.717, 1.165) is 17.4 Å². The van der Waals surface area contributed by atoms with Crippen LogP contribution in [0.4, 0.5) is 0 Å². The van der Waals surface area contributed by atoms with E-state index in [1.54, 1.807) is 4.90 Å². The van der Waals surface area contributed by atoms with E-state index in [-0.39, 0.29) is 5.91 Å². The first-order chi connectivity index (χ1) is 8.49. The number of likely N-dealkylation sites (N-methyl/N-ethyl adjacent to an activating group) is 1. The molecule has 0 aliphatic heterocycles. The first-order valence-corrected chi connectivity index (χ1v) is 7.00. The molecule has 1 rings (SSSR count). The molecule has 100 valence electrons. The maximum Gasteiger partial charge on any atom is 0.236 e. The average Bonchev–Trinajstić information content (AvgIpc) is 2.34. The maximum atomic E-state index is 11.8. The van der Waals surface area contributed by atoms with Gasteiger partial charge in [0.2, 0.25) is 5.91 Å². The van der Waals surface area contributed by atoms with Crippen molar-refractivity contribution in [2.75, 3.05) is 20.1 Å². The number of nitrogens with zero attached hydrogens (tertiary/aromatic N) is 1. The van der Waals surface area contributed by atoms with Crippen LogP contribution < -0.4 is 5.32 Å². The second kappa shape index (κ2) is 7.54. The van der Waals surface area contributed by atoms with Gasteiger partial charge in [0.25, 0.3) is 0 Å². The number of carbonyl (C=O) groups excluding carboxylic acids is 1. The quantitative estimate of drug-likeness (QED) is 0.875. The Hall–Kier alpha value is -0.870. The summed E-state index contributed by atoms with van der Waals surface area (Å²) >= 11 is 3.41. The van der Waals surface area contributed by atoms with Crippen LogP contribution in [0.25, 0.3) is 0 Å². The van der Waals surface area contributed by atoms with Gasteiger partial charge in [0.1, 0.15) is 0 Å². The van der Waals surface area contributed by atoms with Gasteiger partial charge >= 0.3 is 0 Å². The molecule has 1 aromatic carbocycles. The van der Waals surface area contributed by atoms with Crippen molar-refractivity contribution in [3.05, 3.63) is 34.3 Å². The molecule has 0 heterocycles. The summed E-state index contributed by atoms with van der Waals surface area (Å²) in [6.45, 7) is 5.24. The van der Waals surface area contributed by atoms with Gasteiger partial charge in [-0.3, -0.25) is 4.79 Å². The molecule has 0 spiro atoms. The van der Waals surface area contributed by atoms with E-state index < -0.39 is 0 Å². The molecule has 0 fully saturated rings. The normalized spacial score (nSPS) is 10.7. The molecule has 1 N–H and O–H groups in total. The zero-order valence-electron chi connectivity index (χ0n) is 11.2. The minimum Gasteiger partial charge on any atom is -0.344 e. The van der Waals surface area contributed by atoms with Crippen LogP contribution in [0.5, 0.6) is 0 Å². The topological polar surface area (TPSA) is 32.3 Å². The molecule has 0 saturated carbocycles. The lowest BCUT2D eigenvalue weighted by atomic mass is 10.1. The fraction of sp³-hybridized carbons (Fsp3) is 0.500. The van der Waals surface area contributed by atoms with Crippen molar-refractivity contribution in [1.29, 1.82) is 0 Å². The van der Waals surface area contributed by atoms with E-state index in [0.29, 0.717) is 12.6 Å². The Morgan fingerprint density at radius 3 is 2.50 bits per heavy atom. The number of benzene rings is 1. The number of hydrogen-bond acceptors (Lipinski definition) is 2. The first-order valence-electron chi connectivity index (χ1n) is 6.21. The van der Waals surface area contributed by atoms with Crippen molar-refractivity contribution >= 4 is 21.8 Å². The number of halogens is 1. The Bertz CT molecular complexity index is 376. The van der Waals surface area contributed by atoms with E-state index in [9.17, 15) is 4.79 Å². The monoisotopic (exact) mass is 312 g/mol. The van der Waals surface area contributed by atoms with E-state index >= 15 is 0 Å². The van der Waals surface area contributed by atoms with Gasteiger partial charge in [-0.1, -0.05) is 41.9 Å². The van der Waals surface area contributed by atoms with Crippen LogP contribution in [0.1, 0.15) is 19.4 Å². The Labute approximate surface area is 118 Å². The van der Waals surface area contributed by atoms with E-state index in [2.05, 4.69) is 33.4 Å². The lowest BCUT2D eigenvalue weighted by Gasteiger charge is -2.18. The van der Waals surface area contributed by atoms with Crippen LogP contribution >= 0.6 is 15.9 Å². The maximum absolute atomic E-state index is 11.8. The number of amides is 1. The van der Waals surface area contributed by atoms with Gasteiger partial charge in [-0.2, -0.15) is 0 Å². The summed E-state index contributed by atoms with van der Waals surface area (Å²) in [5.41, 5.74) is 1.25. The van der Waals surface area contributed by atoms with E-state index in [4.69, 9.17) is 0 Å². The second-order valence-corrected chi connectivity index (χ2v) is 5.64. The van der Waals surface area contributed by atoms with Crippen LogP contribution in [0.2, 0.25) is 0 Å². The molecular formula is C14H21BrN2O. The number of rotatable bonds is 6. The fourth-order valence-corrected chi connectivity index (χ4v) is 1.76. The van der Waals surface area contributed by atoms with Gasteiger partial charge in [0.15, 0.2) is 0 Å². The van der Waals surface area contributed by atoms with Crippen LogP contribution in [-0.4, -0.2) is 37.0 Å². The molecule has 0 unspecified atom stereocenters. The highest BCUT2D eigenvalue weighted by molar-refractivity contribution is 9.10. The van der Waals surface area contributed by atoms with Crippen molar-refractivity contribution in [2.24, 2.45) is 0 Å². The van der Waals surface area contributed by atoms with Crippen LogP contribution in [0.15, 0.2) is 28.7 Å². The largest absolute Gasteiger partial charge is 0.344 e. The Balaban J connectivity index is 2.34. The van der Waals surface area contributed by atoms with Crippen LogP contribution in [0, 0.1) is 0 Å². The molecule has 0 aromatic heterocycles. The second-order valence-electron chi connectivity index (χ2n) is 4.73. The molecule has 1 aromatic rings. The van der Waals surface area contributed by atoms with Crippen molar-refractivity contribution in [1.82, 2.24) is 10.2 Å². The Morgan fingerprint density at radius 1 is 1.33 bits per heavy atom. The minimum atomic E-state index is 0.140. The SMILES string of the molecule is CC(C)NCC(=O)N(C)CCc1ccc(Br)cc1. The van der Waals surface area contributed by atoms with Gasteiger partial charge in [-0.25, -0.2) is 0 Å². The summed E-state index contributed by atoms with van der Waals surface area (Å²) in [5.74, 6) is 0.140. The highest BCUT2D eigenvalue weighted by Gasteiger charge is 2.08. The third kappa shape index (κ3) is 5.65. The van der Waals surface area contributed by atoms with Gasteiger partial charge in [-0.05, 0) is 24.1 Å². The zero-order valence-corrected chi connectivity index (χ0v) is 12.8. The molecule has 18 heavy (non-hydrogen) atoms. The lowest BCUT2D eigenvalue weighted by Crippen LogP contribution is -2.38. The zero-order chi connectivity index (χ0) is 13.5. The molecule has 0 atom stereocenters. The summed E-state index contributed by atoms with van der Waals surface area (Å²) in [4.78, 5) is 13.6. The predicted molar refractivity (Wildman–Crippen MR) is 78.6 cm³/mol. The molecule has 0 saturated heterocycles. The molecule has 3 nitrogen and oxygen atoms in total. The van der Waals surface area contributed by atoms with E-state index in [1.165, 1.54) is 5.56 Å². The molecule has 0 radical (unpaired) electrons. The fourth-order valence-electron chi connectivity index (χ4n) is 1.50. The number of carbonyl (C=O) groups is 1. The Kier molecular flexibility index (Phi) is 6.36. The minimum absolute atomic E-state index is 0.140. The van der Waals surface area contributed by atoms with Crippen LogP contribution in [0.3, 0.4) is 0 Å². The van der Waals surface area contributed by atoms with Crippen molar-refractivity contribution in [3.63, 3.8) is 0 Å². The number of nitrogens with one attached hydrogen (secondary N) is 1. The molecule has 4 heteroatoms. The van der Waals surface area contributed by atoms with E-state index in [1.807, 2.05) is 33.0 Å². The smallest absolute Gasteiger partial charge is 0.236 e. The third-order valence-corrected chi connectivity index (χ3v) is 3.27. The molecule has 1 amide bonds. The molecular weight excluding hydrogens is 292 g/mol. The van der Waals surface area contributed by atoms with Crippen molar-refractivity contribution < 1.29 is 4.79 Å². The standard InChI is InChI=1S/C14H21BrN2O/c1-11(2)16-10-14(18)17(3)9-8-12-4-6-13(15)7-5-12/h4-7,11,16H,8-10H2,1-3H3. The summed E-state index contributed by atoms with van der Waals surface area (Å²) in [5, 5.41) is 3.13. The average molecular weight is 313 g/mol. The highest BCUT2D eigenvalue weighted by Crippen LogP contribution is 2.11. The molecule has 0 bridgehead atoms. The van der Waals surface area contributed by atoms with Crippen LogP contribution in [-0.2, 0) is 11.2 Å². The predicted octanol–water partition coefficient (Wildman–Crippen LogP) is 2.45. The Morgan fingerprint density at radius 2 is 1.94 bits per heavy atom. The molecule has 0 aliphatic carbocycles. The van der Waals surface area contributed by atoms with Crippen molar-refractivity contribution in [2.45, 2.75) is 26.3 Å². The number of hydrogen-bond donors (Lipinski definition) is 1. The highest BCUT2D eigenvalue weighted by atomic mass is 79.9. The summed E-state index contributed by atoms with van der Waals surface area (Å²) in [6, 6.07) is 8.55. The van der Waals surface area contributed by atoms with Gasteiger partial charge in [0, 0.05) is 24.1 Å². The summed E-state index contributed by atoms with van der Waals surface area (Å²) in [6.07, 6.45) is 0.886. The van der Waals surface area contributed by atoms with Crippen molar-refractivity contribution in [3.8, 4) is 0 Å². The summed E-state index contributed by atoms with van der Waals surface area (Å²) in [7, 11) is 1.85. The van der Waals surface area contributed by atoms with Gasteiger partial charge in [0.05, 0.1) is 6.54 Å². The van der Waals surface area contributed by atoms with Gasteiger partial charge in [-0.15, -0.1) is 0 Å². The lowest BCUT2D eigenvalue weighted by molar-refractivity contribution is -0.129. The first kappa shape index (κ1) is 15.2.